The summed E-state index contributed by atoms with van der Waals surface area (Å²) in [6.45, 7) is 11.2. The molecule has 0 saturated heterocycles. The van der Waals surface area contributed by atoms with E-state index in [9.17, 15) is 4.79 Å². The highest BCUT2D eigenvalue weighted by atomic mass is 16.5. The maximum absolute atomic E-state index is 12.2. The minimum Gasteiger partial charge on any atom is -0.494 e. The van der Waals surface area contributed by atoms with Gasteiger partial charge in [0, 0.05) is 24.3 Å². The molecular formula is C23H31N3O2. The molecule has 28 heavy (non-hydrogen) atoms. The number of rotatable bonds is 10. The zero-order valence-corrected chi connectivity index (χ0v) is 17.3. The van der Waals surface area contributed by atoms with Crippen LogP contribution in [0, 0.1) is 5.92 Å². The Balaban J connectivity index is 1.85. The summed E-state index contributed by atoms with van der Waals surface area (Å²) in [7, 11) is 0. The normalized spacial score (nSPS) is 11.0. The van der Waals surface area contributed by atoms with Gasteiger partial charge in [-0.05, 0) is 80.3 Å². The van der Waals surface area contributed by atoms with Gasteiger partial charge in [-0.25, -0.2) is 5.43 Å². The number of hydrazone groups is 1. The Bertz CT molecular complexity index is 748. The molecule has 2 rings (SSSR count). The lowest BCUT2D eigenvalue weighted by Crippen LogP contribution is -2.22. The van der Waals surface area contributed by atoms with Gasteiger partial charge < -0.3 is 9.64 Å². The standard InChI is InChI=1S/C23H31N3O2/c1-5-26(6-2)21-11-9-20(10-12-21)23(27)25-24-17-19-7-13-22(14-8-19)28-16-15-18(3)4/h7-14,17-18H,5-6,15-16H2,1-4H3,(H,25,27)/b24-17-. The van der Waals surface area contributed by atoms with E-state index in [1.54, 1.807) is 6.21 Å². The number of ether oxygens (including phenoxy) is 1. The average Bonchev–Trinajstić information content (AvgIpc) is 2.70. The number of benzene rings is 2. The van der Waals surface area contributed by atoms with Crippen molar-refractivity contribution in [1.29, 1.82) is 0 Å². The molecule has 2 aromatic carbocycles. The van der Waals surface area contributed by atoms with Crippen molar-refractivity contribution in [2.24, 2.45) is 11.0 Å². The monoisotopic (exact) mass is 381 g/mol. The molecule has 0 heterocycles. The molecule has 0 spiro atoms. The molecule has 0 aliphatic heterocycles. The van der Waals surface area contributed by atoms with Crippen molar-refractivity contribution in [3.05, 3.63) is 59.7 Å². The Hall–Kier alpha value is -2.82. The second kappa shape index (κ2) is 11.1. The largest absolute Gasteiger partial charge is 0.494 e. The highest BCUT2D eigenvalue weighted by molar-refractivity contribution is 5.95. The van der Waals surface area contributed by atoms with Crippen molar-refractivity contribution in [1.82, 2.24) is 5.43 Å². The fourth-order valence-electron chi connectivity index (χ4n) is 2.70. The molecule has 1 N–H and O–H groups in total. The molecule has 5 heteroatoms. The first-order valence-corrected chi connectivity index (χ1v) is 9.94. The van der Waals surface area contributed by atoms with Gasteiger partial charge in [0.15, 0.2) is 0 Å². The Morgan fingerprint density at radius 1 is 1.07 bits per heavy atom. The lowest BCUT2D eigenvalue weighted by molar-refractivity contribution is 0.0955. The van der Waals surface area contributed by atoms with Crippen LogP contribution < -0.4 is 15.1 Å². The van der Waals surface area contributed by atoms with E-state index < -0.39 is 0 Å². The number of carbonyl (C=O) groups excluding carboxylic acids is 1. The number of hydrogen-bond donors (Lipinski definition) is 1. The Kier molecular flexibility index (Phi) is 8.53. The Morgan fingerprint density at radius 3 is 2.29 bits per heavy atom. The number of nitrogens with one attached hydrogen (secondary N) is 1. The van der Waals surface area contributed by atoms with Crippen molar-refractivity contribution < 1.29 is 9.53 Å². The van der Waals surface area contributed by atoms with Crippen LogP contribution in [-0.4, -0.2) is 31.8 Å². The number of anilines is 1. The van der Waals surface area contributed by atoms with Crippen LogP contribution in [-0.2, 0) is 0 Å². The summed E-state index contributed by atoms with van der Waals surface area (Å²) in [5.74, 6) is 1.24. The third kappa shape index (κ3) is 6.72. The number of hydrogen-bond acceptors (Lipinski definition) is 4. The summed E-state index contributed by atoms with van der Waals surface area (Å²) >= 11 is 0. The van der Waals surface area contributed by atoms with E-state index in [1.807, 2.05) is 48.5 Å². The van der Waals surface area contributed by atoms with Gasteiger partial charge in [-0.2, -0.15) is 5.10 Å². The van der Waals surface area contributed by atoms with Crippen LogP contribution in [0.1, 0.15) is 50.0 Å². The topological polar surface area (TPSA) is 53.9 Å². The summed E-state index contributed by atoms with van der Waals surface area (Å²) < 4.78 is 5.70. The number of carbonyl (C=O) groups is 1. The summed E-state index contributed by atoms with van der Waals surface area (Å²) in [5, 5.41) is 4.05. The fraction of sp³-hybridized carbons (Fsp3) is 0.391. The third-order valence-corrected chi connectivity index (χ3v) is 4.48. The summed E-state index contributed by atoms with van der Waals surface area (Å²) in [6, 6.07) is 15.2. The molecule has 0 unspecified atom stereocenters. The lowest BCUT2D eigenvalue weighted by Gasteiger charge is -2.20. The molecule has 1 amide bonds. The van der Waals surface area contributed by atoms with Crippen molar-refractivity contribution >= 4 is 17.8 Å². The predicted molar refractivity (Wildman–Crippen MR) is 116 cm³/mol. The first-order valence-electron chi connectivity index (χ1n) is 9.94. The molecule has 0 aliphatic rings. The van der Waals surface area contributed by atoms with Crippen LogP contribution in [0.15, 0.2) is 53.6 Å². The van der Waals surface area contributed by atoms with Gasteiger partial charge in [0.1, 0.15) is 5.75 Å². The first-order chi connectivity index (χ1) is 13.5. The first kappa shape index (κ1) is 21.5. The SMILES string of the molecule is CCN(CC)c1ccc(C(=O)N/N=C\c2ccc(OCCC(C)C)cc2)cc1. The molecule has 150 valence electrons. The van der Waals surface area contributed by atoms with Crippen LogP contribution in [0.25, 0.3) is 0 Å². The molecule has 0 radical (unpaired) electrons. The van der Waals surface area contributed by atoms with E-state index in [0.29, 0.717) is 18.1 Å². The molecule has 0 saturated carbocycles. The molecular weight excluding hydrogens is 350 g/mol. The Labute approximate surface area is 168 Å². The Morgan fingerprint density at radius 2 is 1.71 bits per heavy atom. The summed E-state index contributed by atoms with van der Waals surface area (Å²) in [5.41, 5.74) is 5.16. The minimum atomic E-state index is -0.226. The quantitative estimate of drug-likeness (QED) is 0.478. The molecule has 2 aromatic rings. The van der Waals surface area contributed by atoms with Gasteiger partial charge in [-0.15, -0.1) is 0 Å². The maximum Gasteiger partial charge on any atom is 0.271 e. The van der Waals surface area contributed by atoms with E-state index >= 15 is 0 Å². The lowest BCUT2D eigenvalue weighted by atomic mass is 10.1. The highest BCUT2D eigenvalue weighted by Gasteiger charge is 2.06. The van der Waals surface area contributed by atoms with Gasteiger partial charge in [-0.3, -0.25) is 4.79 Å². The summed E-state index contributed by atoms with van der Waals surface area (Å²) in [4.78, 5) is 14.5. The molecule has 0 aromatic heterocycles. The van der Waals surface area contributed by atoms with E-state index in [2.05, 4.69) is 43.1 Å². The predicted octanol–water partition coefficient (Wildman–Crippen LogP) is 4.72. The van der Waals surface area contributed by atoms with E-state index in [-0.39, 0.29) is 5.91 Å². The van der Waals surface area contributed by atoms with Crippen LogP contribution in [0.5, 0.6) is 5.75 Å². The van der Waals surface area contributed by atoms with E-state index in [4.69, 9.17) is 4.74 Å². The smallest absolute Gasteiger partial charge is 0.271 e. The number of nitrogens with zero attached hydrogens (tertiary/aromatic N) is 2. The van der Waals surface area contributed by atoms with Crippen LogP contribution in [0.3, 0.4) is 0 Å². The zero-order valence-electron chi connectivity index (χ0n) is 17.3. The van der Waals surface area contributed by atoms with E-state index in [0.717, 1.165) is 36.5 Å². The van der Waals surface area contributed by atoms with Crippen molar-refractivity contribution in [3.63, 3.8) is 0 Å². The molecule has 0 fully saturated rings. The van der Waals surface area contributed by atoms with E-state index in [1.165, 1.54) is 0 Å². The average molecular weight is 382 g/mol. The van der Waals surface area contributed by atoms with Gasteiger partial charge in [0.05, 0.1) is 12.8 Å². The van der Waals surface area contributed by atoms with Crippen LogP contribution in [0.2, 0.25) is 0 Å². The van der Waals surface area contributed by atoms with Gasteiger partial charge in [0.25, 0.3) is 5.91 Å². The van der Waals surface area contributed by atoms with Crippen molar-refractivity contribution in [3.8, 4) is 5.75 Å². The second-order valence-electron chi connectivity index (χ2n) is 7.02. The number of amides is 1. The molecule has 0 bridgehead atoms. The fourth-order valence-corrected chi connectivity index (χ4v) is 2.70. The molecule has 0 atom stereocenters. The third-order valence-electron chi connectivity index (χ3n) is 4.48. The van der Waals surface area contributed by atoms with Crippen molar-refractivity contribution in [2.45, 2.75) is 34.1 Å². The zero-order chi connectivity index (χ0) is 20.4. The van der Waals surface area contributed by atoms with Gasteiger partial charge in [0.2, 0.25) is 0 Å². The van der Waals surface area contributed by atoms with Crippen LogP contribution >= 0.6 is 0 Å². The second-order valence-corrected chi connectivity index (χ2v) is 7.02. The van der Waals surface area contributed by atoms with Gasteiger partial charge in [-0.1, -0.05) is 13.8 Å². The molecule has 5 nitrogen and oxygen atoms in total. The summed E-state index contributed by atoms with van der Waals surface area (Å²) in [6.07, 6.45) is 2.66. The minimum absolute atomic E-state index is 0.226. The maximum atomic E-state index is 12.2. The highest BCUT2D eigenvalue weighted by Crippen LogP contribution is 2.15. The molecule has 0 aliphatic carbocycles. The van der Waals surface area contributed by atoms with Gasteiger partial charge >= 0.3 is 0 Å². The van der Waals surface area contributed by atoms with Crippen LogP contribution in [0.4, 0.5) is 5.69 Å². The van der Waals surface area contributed by atoms with Crippen molar-refractivity contribution in [2.75, 3.05) is 24.6 Å².